The normalized spacial score (nSPS) is 22.4. The summed E-state index contributed by atoms with van der Waals surface area (Å²) in [4.78, 5) is 60.9. The fourth-order valence-corrected chi connectivity index (χ4v) is 14.8. The Labute approximate surface area is 472 Å². The maximum atomic E-state index is 14.4. The van der Waals surface area contributed by atoms with Crippen LogP contribution in [0.2, 0.25) is 0 Å². The van der Waals surface area contributed by atoms with Gasteiger partial charge in [0.2, 0.25) is 11.8 Å². The van der Waals surface area contributed by atoms with Gasteiger partial charge in [0.15, 0.2) is 11.6 Å². The molecular formula is C62H74N12O5S. The number of ether oxygens (including phenoxy) is 1. The van der Waals surface area contributed by atoms with E-state index < -0.39 is 12.0 Å². The van der Waals surface area contributed by atoms with Crippen LogP contribution in [0.25, 0.3) is 43.4 Å². The second-order valence-electron chi connectivity index (χ2n) is 23.9. The Hall–Kier alpha value is -6.73. The zero-order valence-electron chi connectivity index (χ0n) is 46.7. The summed E-state index contributed by atoms with van der Waals surface area (Å²) in [5.74, 6) is 2.33. The van der Waals surface area contributed by atoms with E-state index in [9.17, 15) is 14.7 Å². The minimum atomic E-state index is -0.541. The monoisotopic (exact) mass is 1100 g/mol. The molecule has 80 heavy (non-hydrogen) atoms. The molecule has 6 aliphatic rings. The number of nitrogens with zero attached hydrogens (tertiary/aromatic N) is 10. The summed E-state index contributed by atoms with van der Waals surface area (Å²) in [5, 5.41) is 25.4. The largest absolute Gasteiger partial charge is 0.508 e. The van der Waals surface area contributed by atoms with Crippen molar-refractivity contribution >= 4 is 56.5 Å². The van der Waals surface area contributed by atoms with Gasteiger partial charge in [-0.05, 0) is 117 Å². The van der Waals surface area contributed by atoms with Gasteiger partial charge in [0.1, 0.15) is 30.1 Å². The number of rotatable bonds is 15. The quantitative estimate of drug-likeness (QED) is 0.0885. The van der Waals surface area contributed by atoms with Crippen LogP contribution in [0, 0.1) is 18.8 Å². The second-order valence-corrected chi connectivity index (χ2v) is 24.7. The number of fused-ring (bicyclic) bond motifs is 6. The predicted molar refractivity (Wildman–Crippen MR) is 313 cm³/mol. The van der Waals surface area contributed by atoms with E-state index in [1.807, 2.05) is 57.6 Å². The number of thiazole rings is 1. The molecule has 18 heteroatoms. The van der Waals surface area contributed by atoms with Crippen LogP contribution in [0.3, 0.4) is 0 Å². The molecule has 9 heterocycles. The molecule has 0 spiro atoms. The zero-order chi connectivity index (χ0) is 54.8. The molecule has 3 N–H and O–H groups in total. The lowest BCUT2D eigenvalue weighted by Gasteiger charge is -2.38. The highest BCUT2D eigenvalue weighted by atomic mass is 32.1. The average molecular weight is 1100 g/mol. The highest BCUT2D eigenvalue weighted by molar-refractivity contribution is 7.13. The van der Waals surface area contributed by atoms with Crippen molar-refractivity contribution < 1.29 is 24.0 Å². The minimum Gasteiger partial charge on any atom is -0.508 e. The van der Waals surface area contributed by atoms with E-state index in [1.165, 1.54) is 18.4 Å². The summed E-state index contributed by atoms with van der Waals surface area (Å²) in [6.45, 7) is 20.6. The third-order valence-corrected chi connectivity index (χ3v) is 19.3. The van der Waals surface area contributed by atoms with Crippen LogP contribution in [-0.2, 0) is 9.59 Å². The number of carbonyl (C=O) groups excluding carboxylic acids is 2. The summed E-state index contributed by atoms with van der Waals surface area (Å²) >= 11 is 1.62. The van der Waals surface area contributed by atoms with Crippen LogP contribution in [0.4, 0.5) is 11.6 Å². The first-order chi connectivity index (χ1) is 38.9. The van der Waals surface area contributed by atoms with Crippen LogP contribution >= 0.6 is 11.3 Å². The van der Waals surface area contributed by atoms with Gasteiger partial charge in [-0.15, -0.1) is 11.3 Å². The Morgan fingerprint density at radius 2 is 1.68 bits per heavy atom. The number of nitrogens with one attached hydrogen (secondary N) is 2. The summed E-state index contributed by atoms with van der Waals surface area (Å²) < 4.78 is 12.6. The van der Waals surface area contributed by atoms with E-state index in [2.05, 4.69) is 89.8 Å². The van der Waals surface area contributed by atoms with E-state index in [-0.39, 0.29) is 35.4 Å². The molecule has 3 unspecified atom stereocenters. The molecule has 0 radical (unpaired) electrons. The first-order valence-electron chi connectivity index (χ1n) is 29.3. The molecule has 7 aromatic rings. The van der Waals surface area contributed by atoms with Gasteiger partial charge in [0, 0.05) is 100 Å². The third-order valence-electron chi connectivity index (χ3n) is 18.3. The highest BCUT2D eigenvalue weighted by Crippen LogP contribution is 2.49. The van der Waals surface area contributed by atoms with Crippen LogP contribution in [0.5, 0.6) is 11.8 Å². The number of amides is 2. The molecule has 13 rings (SSSR count). The first-order valence-corrected chi connectivity index (χ1v) is 30.2. The van der Waals surface area contributed by atoms with Crippen molar-refractivity contribution in [2.45, 2.75) is 109 Å². The summed E-state index contributed by atoms with van der Waals surface area (Å²) in [7, 11) is 0. The standard InChI is InChI=1S/C62H74N12O5S/c1-36(2)53(61(77)74-19-7-10-50(74)60(76)65-38(4)41-11-13-42(14-12-41)58-39(5)64-35-80-58)51-30-52(69-79-51)72-24-22-71(23-25-72)32-40-17-20-70(21-18-40)26-27-78-62-67-57-49(59(68-62)73-33-44-15-16-45(34-73)66-44)31-63-56-48-29-46(75)28-43-8-6-9-47(55(43)48)37(3)54(56)57/h6,8-9,11-14,28-31,35-38,40,44-45,50,53,66,75H,7,10,15-27,32-34H2,1-5H3,(H,65,76)/t37?,38-,44?,45?,50-,53+/m0/s1. The van der Waals surface area contributed by atoms with Gasteiger partial charge in [0.05, 0.1) is 38.7 Å². The first kappa shape index (κ1) is 52.6. The molecule has 418 valence electrons. The molecule has 3 aromatic carbocycles. The molecule has 5 aliphatic heterocycles. The number of piperidine rings is 1. The van der Waals surface area contributed by atoms with Gasteiger partial charge in [-0.25, -0.2) is 4.98 Å². The van der Waals surface area contributed by atoms with Crippen molar-refractivity contribution in [3.05, 3.63) is 101 Å². The second kappa shape index (κ2) is 22.0. The molecule has 0 saturated carbocycles. The number of benzene rings is 3. The molecule has 5 fully saturated rings. The number of likely N-dealkylation sites (tertiary alicyclic amines) is 2. The number of carbonyl (C=O) groups is 2. The lowest BCUT2D eigenvalue weighted by atomic mass is 9.79. The van der Waals surface area contributed by atoms with Crippen LogP contribution in [0.1, 0.15) is 112 Å². The van der Waals surface area contributed by atoms with E-state index in [4.69, 9.17) is 24.2 Å². The number of hydrogen-bond acceptors (Lipinski definition) is 16. The maximum absolute atomic E-state index is 14.4. The van der Waals surface area contributed by atoms with Crippen LogP contribution in [-0.4, -0.2) is 153 Å². The number of pyridine rings is 1. The average Bonchev–Trinajstić information content (AvgIpc) is 4.35. The van der Waals surface area contributed by atoms with Gasteiger partial charge in [0.25, 0.3) is 0 Å². The molecule has 2 bridgehead atoms. The SMILES string of the molecule is Cc1ncsc1-c1ccc([C@H](C)NC(=O)[C@@H]2CCCN2C(=O)[C@@H](c2cc(N3CCN(CC4CCN(CCOc5nc(N6CC7CCC(C6)N7)c6cnc7c(c6n5)C(C)c5cccc6cc(O)cc-7c56)CC4)CC3)no2)C(C)C)cc1. The van der Waals surface area contributed by atoms with Gasteiger partial charge in [-0.2, -0.15) is 9.97 Å². The highest BCUT2D eigenvalue weighted by Gasteiger charge is 2.41. The Bertz CT molecular complexity index is 3410. The summed E-state index contributed by atoms with van der Waals surface area (Å²) in [6, 6.07) is 20.8. The zero-order valence-corrected chi connectivity index (χ0v) is 47.6. The Morgan fingerprint density at radius 1 is 0.887 bits per heavy atom. The number of aryl methyl sites for hydroxylation is 1. The van der Waals surface area contributed by atoms with Crippen LogP contribution in [0.15, 0.2) is 76.9 Å². The number of phenols is 1. The smallest absolute Gasteiger partial charge is 0.319 e. The molecule has 5 saturated heterocycles. The van der Waals surface area contributed by atoms with Crippen LogP contribution < -0.4 is 25.2 Å². The maximum Gasteiger partial charge on any atom is 0.319 e. The number of anilines is 2. The van der Waals surface area contributed by atoms with Crippen molar-refractivity contribution in [3.8, 4) is 33.5 Å². The Morgan fingerprint density at radius 3 is 2.42 bits per heavy atom. The molecule has 6 atom stereocenters. The van der Waals surface area contributed by atoms with E-state index >= 15 is 0 Å². The Balaban J connectivity index is 0.599. The Kier molecular flexibility index (Phi) is 14.5. The number of aromatic nitrogens is 5. The fourth-order valence-electron chi connectivity index (χ4n) is 14.0. The molecule has 1 aliphatic carbocycles. The van der Waals surface area contributed by atoms with Crippen molar-refractivity contribution in [3.63, 3.8) is 0 Å². The van der Waals surface area contributed by atoms with Gasteiger partial charge >= 0.3 is 6.01 Å². The predicted octanol–water partition coefficient (Wildman–Crippen LogP) is 8.90. The van der Waals surface area contributed by atoms with E-state index in [0.29, 0.717) is 49.3 Å². The molecule has 2 amide bonds. The van der Waals surface area contributed by atoms with Gasteiger partial charge < -0.3 is 39.7 Å². The topological polar surface area (TPSA) is 181 Å². The number of piperazine rings is 2. The third kappa shape index (κ3) is 10.1. The number of phenolic OH excluding ortho intramolecular Hbond substituents is 1. The molecule has 17 nitrogen and oxygen atoms in total. The lowest BCUT2D eigenvalue weighted by molar-refractivity contribution is -0.141. The van der Waals surface area contributed by atoms with Crippen molar-refractivity contribution in [2.24, 2.45) is 11.8 Å². The van der Waals surface area contributed by atoms with Crippen molar-refractivity contribution in [1.82, 2.24) is 50.4 Å². The fraction of sp³-hybridized carbons (Fsp3) is 0.500. The van der Waals surface area contributed by atoms with Gasteiger partial charge in [-0.3, -0.25) is 24.4 Å². The minimum absolute atomic E-state index is 0.0356. The van der Waals surface area contributed by atoms with Gasteiger partial charge in [-0.1, -0.05) is 68.4 Å². The molecule has 4 aromatic heterocycles. The number of hydrogen-bond donors (Lipinski definition) is 3. The van der Waals surface area contributed by atoms with E-state index in [0.717, 1.165) is 157 Å². The number of aromatic hydroxyl groups is 1. The van der Waals surface area contributed by atoms with Crippen molar-refractivity contribution in [1.29, 1.82) is 0 Å². The molecular weight excluding hydrogens is 1020 g/mol. The lowest BCUT2D eigenvalue weighted by Crippen LogP contribution is -2.51. The van der Waals surface area contributed by atoms with E-state index in [1.54, 1.807) is 16.2 Å². The summed E-state index contributed by atoms with van der Waals surface area (Å²) in [5.41, 5.74) is 9.95. The van der Waals surface area contributed by atoms with Crippen molar-refractivity contribution in [2.75, 3.05) is 88.4 Å². The summed E-state index contributed by atoms with van der Waals surface area (Å²) in [6.07, 6.45) is 7.97.